The molecule has 0 aliphatic carbocycles. The first-order valence-electron chi connectivity index (χ1n) is 10.5. The third kappa shape index (κ3) is 5.17. The number of carbonyl (C=O) groups excluding carboxylic acids is 1. The lowest BCUT2D eigenvalue weighted by molar-refractivity contribution is 0.252. The van der Waals surface area contributed by atoms with Gasteiger partial charge < -0.3 is 19.9 Å². The summed E-state index contributed by atoms with van der Waals surface area (Å²) >= 11 is 0. The molecule has 2 heterocycles. The van der Waals surface area contributed by atoms with Crippen molar-refractivity contribution in [2.24, 2.45) is 0 Å². The standard InChI is InChI=1S/C23H27N5O2/c29-23(24-15-14-22-27-26-21-13-5-2-8-16-28(21)22)25-20-12-7-6-9-18(20)17-30-19-10-3-1-4-11-19/h1,3-4,6-7,9-12H,2,5,8,13-17H2,(H2,24,25,29). The van der Waals surface area contributed by atoms with Gasteiger partial charge in [-0.25, -0.2) is 4.79 Å². The van der Waals surface area contributed by atoms with Gasteiger partial charge >= 0.3 is 6.03 Å². The Hall–Kier alpha value is -3.35. The second-order valence-corrected chi connectivity index (χ2v) is 7.38. The molecular weight excluding hydrogens is 378 g/mol. The predicted molar refractivity (Wildman–Crippen MR) is 116 cm³/mol. The molecule has 2 N–H and O–H groups in total. The third-order valence-electron chi connectivity index (χ3n) is 5.22. The van der Waals surface area contributed by atoms with Gasteiger partial charge in [-0.15, -0.1) is 10.2 Å². The zero-order valence-corrected chi connectivity index (χ0v) is 17.0. The second kappa shape index (κ2) is 9.91. The number of rotatable bonds is 7. The van der Waals surface area contributed by atoms with Gasteiger partial charge in [-0.3, -0.25) is 0 Å². The maximum Gasteiger partial charge on any atom is 0.319 e. The zero-order chi connectivity index (χ0) is 20.6. The number of ether oxygens (including phenoxy) is 1. The van der Waals surface area contributed by atoms with E-state index in [1.165, 1.54) is 12.8 Å². The first kappa shape index (κ1) is 19.9. The summed E-state index contributed by atoms with van der Waals surface area (Å²) in [6.07, 6.45) is 5.22. The molecule has 1 aliphatic rings. The topological polar surface area (TPSA) is 81.1 Å². The average Bonchev–Trinajstić information content (AvgIpc) is 3.00. The molecule has 0 bridgehead atoms. The van der Waals surface area contributed by atoms with Crippen LogP contribution in [0.1, 0.15) is 36.5 Å². The van der Waals surface area contributed by atoms with Gasteiger partial charge in [0.2, 0.25) is 0 Å². The lowest BCUT2D eigenvalue weighted by atomic mass is 10.2. The highest BCUT2D eigenvalue weighted by atomic mass is 16.5. The summed E-state index contributed by atoms with van der Waals surface area (Å²) in [6.45, 7) is 1.86. The van der Waals surface area contributed by atoms with Crippen molar-refractivity contribution in [3.8, 4) is 5.75 Å². The van der Waals surface area contributed by atoms with E-state index in [0.717, 1.165) is 48.0 Å². The van der Waals surface area contributed by atoms with Gasteiger partial charge in [-0.1, -0.05) is 42.8 Å². The van der Waals surface area contributed by atoms with Crippen LogP contribution in [0.5, 0.6) is 5.75 Å². The maximum atomic E-state index is 12.4. The molecule has 3 aromatic rings. The van der Waals surface area contributed by atoms with Crippen LogP contribution in [-0.4, -0.2) is 27.3 Å². The molecule has 4 rings (SSSR count). The van der Waals surface area contributed by atoms with E-state index in [1.54, 1.807) is 0 Å². The molecule has 156 valence electrons. The number of nitrogens with zero attached hydrogens (tertiary/aromatic N) is 3. The number of amides is 2. The summed E-state index contributed by atoms with van der Waals surface area (Å²) < 4.78 is 8.03. The molecule has 1 aliphatic heterocycles. The number of hydrogen-bond donors (Lipinski definition) is 2. The molecule has 0 saturated carbocycles. The van der Waals surface area contributed by atoms with Gasteiger partial charge in [0.05, 0.1) is 0 Å². The van der Waals surface area contributed by atoms with E-state index in [2.05, 4.69) is 25.4 Å². The first-order chi connectivity index (χ1) is 14.8. The molecule has 0 fully saturated rings. The molecule has 0 saturated heterocycles. The highest BCUT2D eigenvalue weighted by Gasteiger charge is 2.14. The molecule has 2 amide bonds. The molecule has 0 atom stereocenters. The van der Waals surface area contributed by atoms with Crippen molar-refractivity contribution in [3.63, 3.8) is 0 Å². The fourth-order valence-corrected chi connectivity index (χ4v) is 3.63. The zero-order valence-electron chi connectivity index (χ0n) is 17.0. The van der Waals surface area contributed by atoms with Crippen molar-refractivity contribution >= 4 is 11.7 Å². The van der Waals surface area contributed by atoms with Crippen LogP contribution in [0.15, 0.2) is 54.6 Å². The van der Waals surface area contributed by atoms with E-state index in [-0.39, 0.29) is 6.03 Å². The molecular formula is C23H27N5O2. The molecule has 7 heteroatoms. The van der Waals surface area contributed by atoms with Crippen LogP contribution in [0.2, 0.25) is 0 Å². The number of urea groups is 1. The van der Waals surface area contributed by atoms with E-state index < -0.39 is 0 Å². The number of carbonyl (C=O) groups is 1. The second-order valence-electron chi connectivity index (χ2n) is 7.38. The largest absolute Gasteiger partial charge is 0.489 e. The Balaban J connectivity index is 1.29. The van der Waals surface area contributed by atoms with Crippen LogP contribution in [0.3, 0.4) is 0 Å². The number of aryl methyl sites for hydroxylation is 1. The molecule has 0 spiro atoms. The van der Waals surface area contributed by atoms with Crippen LogP contribution >= 0.6 is 0 Å². The van der Waals surface area contributed by atoms with Crippen molar-refractivity contribution in [1.29, 1.82) is 0 Å². The Morgan fingerprint density at radius 2 is 1.83 bits per heavy atom. The maximum absolute atomic E-state index is 12.4. The summed E-state index contributed by atoms with van der Waals surface area (Å²) in [4.78, 5) is 12.4. The molecule has 1 aromatic heterocycles. The highest BCUT2D eigenvalue weighted by molar-refractivity contribution is 5.90. The highest BCUT2D eigenvalue weighted by Crippen LogP contribution is 2.18. The fraction of sp³-hybridized carbons (Fsp3) is 0.348. The third-order valence-corrected chi connectivity index (χ3v) is 5.22. The number of anilines is 1. The van der Waals surface area contributed by atoms with E-state index in [4.69, 9.17) is 4.74 Å². The van der Waals surface area contributed by atoms with Crippen LogP contribution < -0.4 is 15.4 Å². The molecule has 2 aromatic carbocycles. The van der Waals surface area contributed by atoms with Gasteiger partial charge in [-0.2, -0.15) is 0 Å². The number of hydrogen-bond acceptors (Lipinski definition) is 4. The van der Waals surface area contributed by atoms with Crippen LogP contribution in [0.4, 0.5) is 10.5 Å². The Bertz CT molecular complexity index is 971. The van der Waals surface area contributed by atoms with Crippen molar-refractivity contribution in [3.05, 3.63) is 71.8 Å². The number of benzene rings is 2. The minimum atomic E-state index is -0.238. The van der Waals surface area contributed by atoms with Gasteiger partial charge in [0.25, 0.3) is 0 Å². The minimum absolute atomic E-state index is 0.238. The van der Waals surface area contributed by atoms with Crippen LogP contribution in [-0.2, 0) is 26.0 Å². The monoisotopic (exact) mass is 405 g/mol. The van der Waals surface area contributed by atoms with Gasteiger partial charge in [0, 0.05) is 37.2 Å². The smallest absolute Gasteiger partial charge is 0.319 e. The Kier molecular flexibility index (Phi) is 6.59. The summed E-state index contributed by atoms with van der Waals surface area (Å²) in [5, 5.41) is 14.5. The normalized spacial score (nSPS) is 13.2. The summed E-state index contributed by atoms with van der Waals surface area (Å²) in [5.41, 5.74) is 1.65. The quantitative estimate of drug-likeness (QED) is 0.624. The predicted octanol–water partition coefficient (Wildman–Crippen LogP) is 3.95. The van der Waals surface area contributed by atoms with Crippen LogP contribution in [0, 0.1) is 0 Å². The Labute approximate surface area is 176 Å². The number of nitrogens with one attached hydrogen (secondary N) is 2. The van der Waals surface area contributed by atoms with Crippen molar-refractivity contribution in [2.75, 3.05) is 11.9 Å². The average molecular weight is 406 g/mol. The fourth-order valence-electron chi connectivity index (χ4n) is 3.63. The van der Waals surface area contributed by atoms with Gasteiger partial charge in [0.1, 0.15) is 24.0 Å². The van der Waals surface area contributed by atoms with E-state index in [9.17, 15) is 4.79 Å². The minimum Gasteiger partial charge on any atom is -0.489 e. The Morgan fingerprint density at radius 1 is 1.00 bits per heavy atom. The number of aromatic nitrogens is 3. The lowest BCUT2D eigenvalue weighted by Gasteiger charge is -2.13. The van der Waals surface area contributed by atoms with Crippen LogP contribution in [0.25, 0.3) is 0 Å². The van der Waals surface area contributed by atoms with E-state index in [0.29, 0.717) is 19.6 Å². The van der Waals surface area contributed by atoms with E-state index >= 15 is 0 Å². The first-order valence-corrected chi connectivity index (χ1v) is 10.5. The summed E-state index contributed by atoms with van der Waals surface area (Å²) in [6, 6.07) is 17.0. The summed E-state index contributed by atoms with van der Waals surface area (Å²) in [5.74, 6) is 2.81. The Morgan fingerprint density at radius 3 is 2.73 bits per heavy atom. The molecule has 30 heavy (non-hydrogen) atoms. The summed E-state index contributed by atoms with van der Waals surface area (Å²) in [7, 11) is 0. The van der Waals surface area contributed by atoms with Crippen molar-refractivity contribution in [2.45, 2.75) is 45.3 Å². The van der Waals surface area contributed by atoms with Crippen molar-refractivity contribution < 1.29 is 9.53 Å². The van der Waals surface area contributed by atoms with E-state index in [1.807, 2.05) is 54.6 Å². The van der Waals surface area contributed by atoms with Gasteiger partial charge in [-0.05, 0) is 31.0 Å². The lowest BCUT2D eigenvalue weighted by Crippen LogP contribution is -2.31. The molecule has 0 unspecified atom stereocenters. The molecule has 7 nitrogen and oxygen atoms in total. The van der Waals surface area contributed by atoms with Crippen molar-refractivity contribution in [1.82, 2.24) is 20.1 Å². The SMILES string of the molecule is O=C(NCCc1nnc2n1CCCCC2)Nc1ccccc1COc1ccccc1. The number of para-hydroxylation sites is 2. The number of fused-ring (bicyclic) bond motifs is 1. The molecule has 0 radical (unpaired) electrons. The van der Waals surface area contributed by atoms with Gasteiger partial charge in [0.15, 0.2) is 0 Å².